The third-order valence-corrected chi connectivity index (χ3v) is 3.24. The van der Waals surface area contributed by atoms with Gasteiger partial charge in [-0.1, -0.05) is 18.2 Å². The molecule has 0 spiro atoms. The zero-order chi connectivity index (χ0) is 15.5. The summed E-state index contributed by atoms with van der Waals surface area (Å²) in [7, 11) is 0. The molecule has 3 aromatic rings. The number of fused-ring (bicyclic) bond motifs is 1. The Hall–Kier alpha value is -2.93. The van der Waals surface area contributed by atoms with Crippen molar-refractivity contribution >= 4 is 40.0 Å². The van der Waals surface area contributed by atoms with E-state index >= 15 is 0 Å². The van der Waals surface area contributed by atoms with E-state index < -0.39 is 0 Å². The molecule has 2 aromatic carbocycles. The first-order valence-electron chi connectivity index (χ1n) is 6.51. The number of anilines is 1. The Morgan fingerprint density at radius 2 is 1.73 bits per heavy atom. The van der Waals surface area contributed by atoms with Crippen LogP contribution in [0, 0.1) is 0 Å². The Balaban J connectivity index is 1.70. The normalized spacial score (nSPS) is 10.4. The predicted molar refractivity (Wildman–Crippen MR) is 89.0 cm³/mol. The number of carbonyl (C=O) groups excluding carboxylic acids is 1. The van der Waals surface area contributed by atoms with Gasteiger partial charge in [0.2, 0.25) is 0 Å². The van der Waals surface area contributed by atoms with E-state index in [2.05, 4.69) is 20.6 Å². The standard InChI is InChI=1S/C15H12N4O2S/c20-13(9-4-2-1-3-5-9)19-15(22)16-10-6-7-11-12(8-10)18-14(21)17-11/h1-8H,(H2,17,18,21)(H2,16,19,20,22). The van der Waals surface area contributed by atoms with Crippen LogP contribution in [0.5, 0.6) is 0 Å². The minimum Gasteiger partial charge on any atom is -0.332 e. The average Bonchev–Trinajstić information content (AvgIpc) is 2.87. The van der Waals surface area contributed by atoms with Gasteiger partial charge in [0.05, 0.1) is 11.0 Å². The molecule has 4 N–H and O–H groups in total. The lowest BCUT2D eigenvalue weighted by atomic mass is 10.2. The quantitative estimate of drug-likeness (QED) is 0.545. The molecule has 0 fully saturated rings. The molecule has 22 heavy (non-hydrogen) atoms. The number of nitrogens with one attached hydrogen (secondary N) is 4. The summed E-state index contributed by atoms with van der Waals surface area (Å²) in [6.07, 6.45) is 0. The lowest BCUT2D eigenvalue weighted by Crippen LogP contribution is -2.34. The molecule has 0 radical (unpaired) electrons. The van der Waals surface area contributed by atoms with Crippen LogP contribution in [0.3, 0.4) is 0 Å². The van der Waals surface area contributed by atoms with Crippen molar-refractivity contribution in [1.82, 2.24) is 15.3 Å². The van der Waals surface area contributed by atoms with Crippen LogP contribution in [0.2, 0.25) is 0 Å². The molecule has 0 saturated carbocycles. The van der Waals surface area contributed by atoms with E-state index in [-0.39, 0.29) is 16.7 Å². The molecule has 7 heteroatoms. The second-order valence-electron chi connectivity index (χ2n) is 4.61. The number of aromatic amines is 2. The summed E-state index contributed by atoms with van der Waals surface area (Å²) in [4.78, 5) is 28.5. The average molecular weight is 312 g/mol. The molecule has 0 bridgehead atoms. The van der Waals surface area contributed by atoms with E-state index in [0.717, 1.165) is 0 Å². The molecule has 0 saturated heterocycles. The molecule has 0 atom stereocenters. The summed E-state index contributed by atoms with van der Waals surface area (Å²) in [6, 6.07) is 14.0. The van der Waals surface area contributed by atoms with Crippen molar-refractivity contribution in [2.45, 2.75) is 0 Å². The Bertz CT molecular complexity index is 899. The number of rotatable bonds is 2. The van der Waals surface area contributed by atoms with Gasteiger partial charge in [0.15, 0.2) is 5.11 Å². The van der Waals surface area contributed by atoms with Crippen molar-refractivity contribution in [1.29, 1.82) is 0 Å². The van der Waals surface area contributed by atoms with Gasteiger partial charge >= 0.3 is 5.69 Å². The number of hydrogen-bond donors (Lipinski definition) is 4. The molecule has 6 nitrogen and oxygen atoms in total. The van der Waals surface area contributed by atoms with Gasteiger partial charge in [-0.25, -0.2) is 4.79 Å². The van der Waals surface area contributed by atoms with E-state index in [9.17, 15) is 9.59 Å². The van der Waals surface area contributed by atoms with E-state index in [4.69, 9.17) is 12.2 Å². The molecule has 0 aliphatic carbocycles. The van der Waals surface area contributed by atoms with Crippen LogP contribution in [0.1, 0.15) is 10.4 Å². The topological polar surface area (TPSA) is 89.8 Å². The third-order valence-electron chi connectivity index (χ3n) is 3.04. The van der Waals surface area contributed by atoms with Gasteiger partial charge in [0.1, 0.15) is 0 Å². The molecule has 3 rings (SSSR count). The first-order chi connectivity index (χ1) is 10.6. The predicted octanol–water partition coefficient (Wildman–Crippen LogP) is 1.98. The summed E-state index contributed by atoms with van der Waals surface area (Å²) in [5, 5.41) is 5.69. The van der Waals surface area contributed by atoms with Crippen molar-refractivity contribution in [3.8, 4) is 0 Å². The largest absolute Gasteiger partial charge is 0.332 e. The van der Waals surface area contributed by atoms with Gasteiger partial charge in [-0.05, 0) is 42.5 Å². The maximum absolute atomic E-state index is 12.0. The molecular formula is C15H12N4O2S. The highest BCUT2D eigenvalue weighted by Gasteiger charge is 2.07. The van der Waals surface area contributed by atoms with Crippen LogP contribution in [0.15, 0.2) is 53.3 Å². The van der Waals surface area contributed by atoms with Crippen molar-refractivity contribution in [3.05, 3.63) is 64.6 Å². The number of imidazole rings is 1. The van der Waals surface area contributed by atoms with E-state index in [1.807, 2.05) is 6.07 Å². The number of benzene rings is 2. The van der Waals surface area contributed by atoms with Crippen LogP contribution in [-0.4, -0.2) is 21.0 Å². The zero-order valence-electron chi connectivity index (χ0n) is 11.3. The van der Waals surface area contributed by atoms with Gasteiger partial charge in [-0.2, -0.15) is 0 Å². The van der Waals surface area contributed by atoms with Gasteiger partial charge in [-0.15, -0.1) is 0 Å². The van der Waals surface area contributed by atoms with Crippen LogP contribution < -0.4 is 16.3 Å². The lowest BCUT2D eigenvalue weighted by Gasteiger charge is -2.09. The minimum absolute atomic E-state index is 0.186. The van der Waals surface area contributed by atoms with Crippen LogP contribution in [0.25, 0.3) is 11.0 Å². The van der Waals surface area contributed by atoms with Crippen LogP contribution in [0.4, 0.5) is 5.69 Å². The Labute approximate surface area is 130 Å². The number of amides is 1. The summed E-state index contributed by atoms with van der Waals surface area (Å²) in [5.41, 5.74) is 2.28. The number of H-pyrrole nitrogens is 2. The first-order valence-corrected chi connectivity index (χ1v) is 6.92. The fourth-order valence-electron chi connectivity index (χ4n) is 2.04. The fourth-order valence-corrected chi connectivity index (χ4v) is 2.25. The highest BCUT2D eigenvalue weighted by Crippen LogP contribution is 2.14. The lowest BCUT2D eigenvalue weighted by molar-refractivity contribution is 0.0978. The minimum atomic E-state index is -0.283. The Morgan fingerprint density at radius 1 is 1.00 bits per heavy atom. The summed E-state index contributed by atoms with van der Waals surface area (Å²) >= 11 is 5.12. The van der Waals surface area contributed by atoms with Gasteiger partial charge < -0.3 is 15.3 Å². The second-order valence-corrected chi connectivity index (χ2v) is 5.02. The van der Waals surface area contributed by atoms with Gasteiger partial charge in [-0.3, -0.25) is 10.1 Å². The van der Waals surface area contributed by atoms with Crippen molar-refractivity contribution in [2.75, 3.05) is 5.32 Å². The molecule has 1 amide bonds. The molecular weight excluding hydrogens is 300 g/mol. The summed E-state index contributed by atoms with van der Waals surface area (Å²) < 4.78 is 0. The van der Waals surface area contributed by atoms with E-state index in [1.54, 1.807) is 42.5 Å². The van der Waals surface area contributed by atoms with E-state index in [1.165, 1.54) is 0 Å². The zero-order valence-corrected chi connectivity index (χ0v) is 12.2. The monoisotopic (exact) mass is 312 g/mol. The van der Waals surface area contributed by atoms with Gasteiger partial charge in [0, 0.05) is 11.3 Å². The smallest absolute Gasteiger partial charge is 0.323 e. The van der Waals surface area contributed by atoms with Crippen LogP contribution >= 0.6 is 12.2 Å². The highest BCUT2D eigenvalue weighted by molar-refractivity contribution is 7.80. The summed E-state index contributed by atoms with van der Waals surface area (Å²) in [6.45, 7) is 0. The number of thiocarbonyl (C=S) groups is 1. The number of hydrogen-bond acceptors (Lipinski definition) is 3. The third kappa shape index (κ3) is 3.04. The molecule has 0 aliphatic rings. The Kier molecular flexibility index (Phi) is 3.71. The van der Waals surface area contributed by atoms with Crippen molar-refractivity contribution in [3.63, 3.8) is 0 Å². The molecule has 0 unspecified atom stereocenters. The maximum atomic E-state index is 12.0. The maximum Gasteiger partial charge on any atom is 0.323 e. The van der Waals surface area contributed by atoms with Gasteiger partial charge in [0.25, 0.3) is 5.91 Å². The van der Waals surface area contributed by atoms with Crippen LogP contribution in [-0.2, 0) is 0 Å². The van der Waals surface area contributed by atoms with Crippen molar-refractivity contribution < 1.29 is 4.79 Å². The summed E-state index contributed by atoms with van der Waals surface area (Å²) in [5.74, 6) is -0.283. The second kappa shape index (κ2) is 5.82. The molecule has 0 aliphatic heterocycles. The highest BCUT2D eigenvalue weighted by atomic mass is 32.1. The fraction of sp³-hybridized carbons (Fsp3) is 0. The van der Waals surface area contributed by atoms with E-state index in [0.29, 0.717) is 22.3 Å². The molecule has 110 valence electrons. The Morgan fingerprint density at radius 3 is 2.50 bits per heavy atom. The number of aromatic nitrogens is 2. The molecule has 1 aromatic heterocycles. The number of carbonyl (C=O) groups is 1. The van der Waals surface area contributed by atoms with Crippen molar-refractivity contribution in [2.24, 2.45) is 0 Å². The SMILES string of the molecule is O=C(NC(=S)Nc1ccc2[nH]c(=O)[nH]c2c1)c1ccccc1. The molecule has 1 heterocycles. The first kappa shape index (κ1) is 14.0.